The number of carbonyl (C=O) groups is 3. The van der Waals surface area contributed by atoms with Crippen molar-refractivity contribution in [2.24, 2.45) is 5.92 Å². The van der Waals surface area contributed by atoms with Gasteiger partial charge in [-0.15, -0.1) is 0 Å². The van der Waals surface area contributed by atoms with Crippen molar-refractivity contribution in [3.63, 3.8) is 0 Å². The summed E-state index contributed by atoms with van der Waals surface area (Å²) < 4.78 is 5.78. The minimum Gasteiger partial charge on any atom is -0.492 e. The van der Waals surface area contributed by atoms with Gasteiger partial charge in [0, 0.05) is 26.1 Å². The largest absolute Gasteiger partial charge is 0.492 e. The smallest absolute Gasteiger partial charge is 0.333 e. The van der Waals surface area contributed by atoms with Gasteiger partial charge in [-0.2, -0.15) is 0 Å². The lowest BCUT2D eigenvalue weighted by molar-refractivity contribution is -0.139. The summed E-state index contributed by atoms with van der Waals surface area (Å²) in [6, 6.07) is 14.3. The van der Waals surface area contributed by atoms with Crippen molar-refractivity contribution in [3.05, 3.63) is 70.3 Å². The number of rotatable bonds is 11. The van der Waals surface area contributed by atoms with Crippen LogP contribution in [0.15, 0.2) is 54.1 Å². The molecule has 2 aromatic rings. The van der Waals surface area contributed by atoms with E-state index < -0.39 is 18.1 Å². The number of aliphatic carboxylic acids is 1. The number of amides is 2. The molecule has 0 unspecified atom stereocenters. The topological polar surface area (TPSA) is 108 Å². The van der Waals surface area contributed by atoms with Crippen molar-refractivity contribution in [1.82, 2.24) is 15.5 Å². The molecule has 2 aliphatic heterocycles. The van der Waals surface area contributed by atoms with Gasteiger partial charge in [-0.05, 0) is 60.4 Å². The van der Waals surface area contributed by atoms with Gasteiger partial charge in [0.05, 0.1) is 23.2 Å². The minimum atomic E-state index is -0.985. The Morgan fingerprint density at radius 1 is 1.12 bits per heavy atom. The molecule has 0 spiro atoms. The zero-order valence-corrected chi connectivity index (χ0v) is 24.0. The molecule has 2 aliphatic rings. The van der Waals surface area contributed by atoms with E-state index in [0.717, 1.165) is 29.5 Å². The molecule has 1 saturated heterocycles. The zero-order chi connectivity index (χ0) is 28.8. The highest BCUT2D eigenvalue weighted by molar-refractivity contribution is 6.32. The highest BCUT2D eigenvalue weighted by Crippen LogP contribution is 2.34. The molecule has 0 saturated carbocycles. The van der Waals surface area contributed by atoms with E-state index in [-0.39, 0.29) is 30.3 Å². The molecule has 2 bridgehead atoms. The number of carboxylic acid groups (broad SMARTS) is 1. The number of carbonyl (C=O) groups excluding carboxylic acids is 2. The van der Waals surface area contributed by atoms with Crippen LogP contribution in [0, 0.1) is 5.92 Å². The number of aryl methyl sites for hydroxylation is 1. The Bertz CT molecular complexity index is 1260. The number of carboxylic acids is 1. The van der Waals surface area contributed by atoms with Crippen LogP contribution in [-0.4, -0.2) is 65.6 Å². The first-order valence-electron chi connectivity index (χ1n) is 13.9. The normalized spacial score (nSPS) is 19.4. The molecule has 3 N–H and O–H groups in total. The molecule has 0 aliphatic carbocycles. The summed E-state index contributed by atoms with van der Waals surface area (Å²) in [6.07, 6.45) is 2.68. The standard InChI is InChI=1S/C31H38ClN3O5/c1-19(2)15-26(33-20(3)36)30(37)35-17-23-16-24(29(31(38)39)27(18-35)34-23)22-12-10-21(11-13-22)7-6-14-40-28-9-5-4-8-25(28)32/h4-5,8-13,19,23,26-27,34H,6-7,14-18H2,1-3H3,(H,33,36)(H,38,39)/t23-,26+,27-/m1/s1. The lowest BCUT2D eigenvalue weighted by Crippen LogP contribution is -2.63. The van der Waals surface area contributed by atoms with Crippen LogP contribution in [-0.2, 0) is 20.8 Å². The van der Waals surface area contributed by atoms with E-state index >= 15 is 0 Å². The van der Waals surface area contributed by atoms with E-state index in [1.54, 1.807) is 11.0 Å². The maximum atomic E-state index is 13.4. The number of nitrogens with one attached hydrogen (secondary N) is 2. The number of ether oxygens (including phenoxy) is 1. The first-order valence-corrected chi connectivity index (χ1v) is 14.2. The van der Waals surface area contributed by atoms with Crippen LogP contribution in [0.25, 0.3) is 5.57 Å². The van der Waals surface area contributed by atoms with Crippen LogP contribution in [0.4, 0.5) is 0 Å². The molecule has 9 heteroatoms. The quantitative estimate of drug-likeness (QED) is 0.349. The van der Waals surface area contributed by atoms with Crippen molar-refractivity contribution in [2.45, 2.75) is 64.6 Å². The van der Waals surface area contributed by atoms with Gasteiger partial charge in [0.1, 0.15) is 11.8 Å². The monoisotopic (exact) mass is 567 g/mol. The predicted molar refractivity (Wildman–Crippen MR) is 155 cm³/mol. The molecule has 0 radical (unpaired) electrons. The number of hydrogen-bond donors (Lipinski definition) is 3. The third-order valence-corrected chi connectivity index (χ3v) is 7.65. The maximum absolute atomic E-state index is 13.4. The fourth-order valence-corrected chi connectivity index (χ4v) is 5.79. The van der Waals surface area contributed by atoms with Gasteiger partial charge < -0.3 is 25.4 Å². The molecule has 4 rings (SSSR count). The number of fused-ring (bicyclic) bond motifs is 2. The summed E-state index contributed by atoms with van der Waals surface area (Å²) in [5.41, 5.74) is 3.14. The average Bonchev–Trinajstić information content (AvgIpc) is 2.90. The van der Waals surface area contributed by atoms with E-state index in [2.05, 4.69) is 10.6 Å². The summed E-state index contributed by atoms with van der Waals surface area (Å²) in [4.78, 5) is 39.3. The van der Waals surface area contributed by atoms with E-state index in [1.165, 1.54) is 6.92 Å². The maximum Gasteiger partial charge on any atom is 0.333 e. The highest BCUT2D eigenvalue weighted by Gasteiger charge is 2.41. The van der Waals surface area contributed by atoms with Gasteiger partial charge in [-0.3, -0.25) is 9.59 Å². The van der Waals surface area contributed by atoms with Crippen LogP contribution < -0.4 is 15.4 Å². The van der Waals surface area contributed by atoms with E-state index in [1.807, 2.05) is 56.3 Å². The zero-order valence-electron chi connectivity index (χ0n) is 23.3. The fraction of sp³-hybridized carbons (Fsp3) is 0.452. The molecule has 1 fully saturated rings. The van der Waals surface area contributed by atoms with Crippen molar-refractivity contribution in [1.29, 1.82) is 0 Å². The molecule has 8 nitrogen and oxygen atoms in total. The van der Waals surface area contributed by atoms with Gasteiger partial charge >= 0.3 is 5.97 Å². The lowest BCUT2D eigenvalue weighted by atomic mass is 9.83. The van der Waals surface area contributed by atoms with Crippen LogP contribution in [0.2, 0.25) is 5.02 Å². The molecular formula is C31H38ClN3O5. The average molecular weight is 568 g/mol. The fourth-order valence-electron chi connectivity index (χ4n) is 5.60. The Hall–Kier alpha value is -3.36. The molecule has 40 heavy (non-hydrogen) atoms. The molecule has 2 aromatic carbocycles. The Kier molecular flexibility index (Phi) is 9.87. The van der Waals surface area contributed by atoms with Crippen molar-refractivity contribution < 1.29 is 24.2 Å². The first kappa shape index (κ1) is 29.6. The van der Waals surface area contributed by atoms with Gasteiger partial charge in [-0.1, -0.05) is 61.8 Å². The van der Waals surface area contributed by atoms with Gasteiger partial charge in [0.2, 0.25) is 11.8 Å². The van der Waals surface area contributed by atoms with Gasteiger partial charge in [0.25, 0.3) is 0 Å². The van der Waals surface area contributed by atoms with Crippen LogP contribution in [0.5, 0.6) is 5.75 Å². The Morgan fingerprint density at radius 2 is 1.85 bits per heavy atom. The third-order valence-electron chi connectivity index (χ3n) is 7.34. The summed E-state index contributed by atoms with van der Waals surface area (Å²) in [5.74, 6) is -0.491. The molecule has 214 valence electrons. The molecule has 2 amide bonds. The number of nitrogens with zero attached hydrogens (tertiary/aromatic N) is 1. The SMILES string of the molecule is CC(=O)N[C@@H](CC(C)C)C(=O)N1C[C@H]2CC(c3ccc(CCCOc4ccccc4Cl)cc3)=C(C(=O)O)[C@@H](C1)N2. The number of piperazine rings is 1. The van der Waals surface area contributed by atoms with Crippen LogP contribution >= 0.6 is 11.6 Å². The van der Waals surface area contributed by atoms with Crippen LogP contribution in [0.3, 0.4) is 0 Å². The van der Waals surface area contributed by atoms with E-state index in [0.29, 0.717) is 42.3 Å². The molecule has 3 atom stereocenters. The number of benzene rings is 2. The second kappa shape index (κ2) is 13.3. The van der Waals surface area contributed by atoms with E-state index in [4.69, 9.17) is 16.3 Å². The van der Waals surface area contributed by atoms with E-state index in [9.17, 15) is 19.5 Å². The number of halogens is 1. The van der Waals surface area contributed by atoms with Gasteiger partial charge in [0.15, 0.2) is 0 Å². The number of hydrogen-bond acceptors (Lipinski definition) is 5. The predicted octanol–water partition coefficient (Wildman–Crippen LogP) is 4.31. The first-order chi connectivity index (χ1) is 19.1. The summed E-state index contributed by atoms with van der Waals surface area (Å²) in [6.45, 7) is 6.67. The Labute approximate surface area is 240 Å². The van der Waals surface area contributed by atoms with Gasteiger partial charge in [-0.25, -0.2) is 4.79 Å². The Morgan fingerprint density at radius 3 is 2.50 bits per heavy atom. The second-order valence-corrected chi connectivity index (χ2v) is 11.4. The highest BCUT2D eigenvalue weighted by atomic mass is 35.5. The molecule has 2 heterocycles. The van der Waals surface area contributed by atoms with Crippen molar-refractivity contribution in [3.8, 4) is 5.75 Å². The van der Waals surface area contributed by atoms with Crippen molar-refractivity contribution in [2.75, 3.05) is 19.7 Å². The Balaban J connectivity index is 1.43. The summed E-state index contributed by atoms with van der Waals surface area (Å²) in [5, 5.41) is 17.0. The van der Waals surface area contributed by atoms with Crippen LogP contribution in [0.1, 0.15) is 51.2 Å². The lowest BCUT2D eigenvalue weighted by Gasteiger charge is -2.44. The second-order valence-electron chi connectivity index (χ2n) is 11.0. The number of para-hydroxylation sites is 1. The summed E-state index contributed by atoms with van der Waals surface area (Å²) in [7, 11) is 0. The summed E-state index contributed by atoms with van der Waals surface area (Å²) >= 11 is 6.14. The minimum absolute atomic E-state index is 0.0699. The van der Waals surface area contributed by atoms with Crippen molar-refractivity contribution >= 4 is 35.0 Å². The molecular weight excluding hydrogens is 530 g/mol. The molecule has 0 aromatic heterocycles. The third kappa shape index (κ3) is 7.43.